The van der Waals surface area contributed by atoms with Gasteiger partial charge in [0.2, 0.25) is 0 Å². The molecule has 1 heterocycles. The van der Waals surface area contributed by atoms with Crippen molar-refractivity contribution in [3.05, 3.63) is 18.5 Å². The fraction of sp³-hybridized carbons (Fsp3) is 0.167. The van der Waals surface area contributed by atoms with E-state index >= 15 is 0 Å². The van der Waals surface area contributed by atoms with Crippen LogP contribution in [0.2, 0.25) is 0 Å². The second kappa shape index (κ2) is 3.22. The third-order valence-electron chi connectivity index (χ3n) is 1.17. The molecule has 0 aromatic carbocycles. The van der Waals surface area contributed by atoms with Crippen molar-refractivity contribution in [1.82, 2.24) is 4.98 Å². The second-order valence-corrected chi connectivity index (χ2v) is 1.75. The largest absolute Gasteiger partial charge is 0.497 e. The number of methoxy groups -OCH3 is 1. The van der Waals surface area contributed by atoms with E-state index in [2.05, 4.69) is 4.98 Å². The van der Waals surface area contributed by atoms with Gasteiger partial charge >= 0.3 is 7.48 Å². The number of hydrogen-bond acceptors (Lipinski definition) is 3. The minimum atomic E-state index is 0.588. The zero-order chi connectivity index (χ0) is 7.40. The van der Waals surface area contributed by atoms with Crippen LogP contribution in [-0.4, -0.2) is 24.6 Å². The van der Waals surface area contributed by atoms with Gasteiger partial charge < -0.3 is 9.76 Å². The van der Waals surface area contributed by atoms with E-state index in [0.29, 0.717) is 11.2 Å². The van der Waals surface area contributed by atoms with Gasteiger partial charge in [0.25, 0.3) is 0 Å². The zero-order valence-electron chi connectivity index (χ0n) is 5.61. The highest BCUT2D eigenvalue weighted by molar-refractivity contribution is 6.46. The average Bonchev–Trinajstić information content (AvgIpc) is 2.04. The Bertz CT molecular complexity index is 194. The Morgan fingerprint density at radius 2 is 2.50 bits per heavy atom. The van der Waals surface area contributed by atoms with Gasteiger partial charge in [-0.1, -0.05) is 0 Å². The van der Waals surface area contributed by atoms with E-state index in [1.54, 1.807) is 19.4 Å². The fourth-order valence-electron chi connectivity index (χ4n) is 0.677. The second-order valence-electron chi connectivity index (χ2n) is 1.75. The summed E-state index contributed by atoms with van der Waals surface area (Å²) in [4.78, 5) is 3.79. The maximum Gasteiger partial charge on any atom is 0.332 e. The first-order chi connectivity index (χ1) is 4.88. The van der Waals surface area contributed by atoms with Crippen molar-refractivity contribution in [1.29, 1.82) is 0 Å². The summed E-state index contributed by atoms with van der Waals surface area (Å²) in [5.74, 6) is 0.623. The molecule has 10 heavy (non-hydrogen) atoms. The van der Waals surface area contributed by atoms with Gasteiger partial charge in [-0.05, 0) is 6.07 Å². The van der Waals surface area contributed by atoms with Crippen LogP contribution in [0.4, 0.5) is 0 Å². The number of nitrogens with zero attached hydrogens (tertiary/aromatic N) is 1. The lowest BCUT2D eigenvalue weighted by molar-refractivity contribution is 0.417. The van der Waals surface area contributed by atoms with Crippen LogP contribution in [0.5, 0.6) is 5.75 Å². The summed E-state index contributed by atoms with van der Waals surface area (Å²) in [5.41, 5.74) is 0.588. The first-order valence-corrected chi connectivity index (χ1v) is 2.84. The Morgan fingerprint density at radius 1 is 1.70 bits per heavy atom. The lowest BCUT2D eigenvalue weighted by atomic mass is 9.90. The minimum Gasteiger partial charge on any atom is -0.497 e. The average molecular weight is 136 g/mol. The predicted octanol–water partition coefficient (Wildman–Crippen LogP) is -0.673. The van der Waals surface area contributed by atoms with Crippen LogP contribution >= 0.6 is 0 Å². The molecule has 0 aliphatic carbocycles. The summed E-state index contributed by atoms with van der Waals surface area (Å²) in [6.45, 7) is 0. The fourth-order valence-corrected chi connectivity index (χ4v) is 0.677. The van der Waals surface area contributed by atoms with Gasteiger partial charge in [-0.25, -0.2) is 0 Å². The Kier molecular flexibility index (Phi) is 2.28. The maximum atomic E-state index is 8.60. The zero-order valence-corrected chi connectivity index (χ0v) is 5.61. The Labute approximate surface area is 59.9 Å². The Morgan fingerprint density at radius 3 is 3.00 bits per heavy atom. The first kappa shape index (κ1) is 7.09. The summed E-state index contributed by atoms with van der Waals surface area (Å²) in [6, 6.07) is 1.68. The Hall–Kier alpha value is -1.03. The molecule has 51 valence electrons. The SMILES string of the molecule is COc1ccncc1[B]O. The summed E-state index contributed by atoms with van der Waals surface area (Å²) in [7, 11) is 2.51. The quantitative estimate of drug-likeness (QED) is 0.548. The molecule has 0 fully saturated rings. The van der Waals surface area contributed by atoms with E-state index in [0.717, 1.165) is 7.48 Å². The van der Waals surface area contributed by atoms with Crippen LogP contribution in [0.1, 0.15) is 0 Å². The highest BCUT2D eigenvalue weighted by Gasteiger charge is 2.00. The number of aromatic nitrogens is 1. The van der Waals surface area contributed by atoms with Crippen molar-refractivity contribution >= 4 is 12.9 Å². The molecule has 0 aliphatic rings. The predicted molar refractivity (Wildman–Crippen MR) is 38.4 cm³/mol. The van der Waals surface area contributed by atoms with Crippen LogP contribution in [0.3, 0.4) is 0 Å². The molecule has 0 saturated heterocycles. The molecule has 1 aromatic rings. The van der Waals surface area contributed by atoms with Crippen molar-refractivity contribution in [3.63, 3.8) is 0 Å². The molecule has 0 amide bonds. The molecule has 1 rings (SSSR count). The Balaban J connectivity index is 2.96. The van der Waals surface area contributed by atoms with E-state index in [1.165, 1.54) is 6.20 Å². The van der Waals surface area contributed by atoms with Crippen molar-refractivity contribution < 1.29 is 9.76 Å². The maximum absolute atomic E-state index is 8.60. The monoisotopic (exact) mass is 136 g/mol. The molecule has 0 saturated carbocycles. The van der Waals surface area contributed by atoms with Gasteiger partial charge in [0.1, 0.15) is 5.75 Å². The van der Waals surface area contributed by atoms with Crippen LogP contribution in [0, 0.1) is 0 Å². The number of ether oxygens (including phenoxy) is 1. The molecule has 4 heteroatoms. The van der Waals surface area contributed by atoms with E-state index in [9.17, 15) is 0 Å². The first-order valence-electron chi connectivity index (χ1n) is 2.84. The van der Waals surface area contributed by atoms with Gasteiger partial charge in [-0.2, -0.15) is 0 Å². The van der Waals surface area contributed by atoms with Crippen molar-refractivity contribution in [2.24, 2.45) is 0 Å². The third-order valence-corrected chi connectivity index (χ3v) is 1.17. The van der Waals surface area contributed by atoms with Gasteiger partial charge in [0, 0.05) is 17.9 Å². The molecule has 3 nitrogen and oxygen atoms in total. The molecule has 0 aliphatic heterocycles. The summed E-state index contributed by atoms with van der Waals surface area (Å²) in [5, 5.41) is 8.60. The molecule has 0 atom stereocenters. The molecule has 0 bridgehead atoms. The molecule has 1 N–H and O–H groups in total. The summed E-state index contributed by atoms with van der Waals surface area (Å²) < 4.78 is 4.90. The molecule has 1 radical (unpaired) electrons. The summed E-state index contributed by atoms with van der Waals surface area (Å²) >= 11 is 0. The van der Waals surface area contributed by atoms with Gasteiger partial charge in [0.15, 0.2) is 0 Å². The molecule has 0 spiro atoms. The number of rotatable bonds is 2. The van der Waals surface area contributed by atoms with Crippen LogP contribution in [-0.2, 0) is 0 Å². The number of pyridine rings is 1. The van der Waals surface area contributed by atoms with Crippen molar-refractivity contribution in [2.75, 3.05) is 7.11 Å². The lowest BCUT2D eigenvalue weighted by Crippen LogP contribution is -2.16. The van der Waals surface area contributed by atoms with Crippen molar-refractivity contribution in [2.45, 2.75) is 0 Å². The molecule has 0 unspecified atom stereocenters. The standard InChI is InChI=1S/C6H7BNO2/c1-10-6-2-3-8-4-5(6)7-9/h2-4,9H,1H3. The summed E-state index contributed by atoms with van der Waals surface area (Å²) in [6.07, 6.45) is 3.13. The van der Waals surface area contributed by atoms with E-state index in [1.807, 2.05) is 0 Å². The number of hydrogen-bond donors (Lipinski definition) is 1. The van der Waals surface area contributed by atoms with Crippen LogP contribution in [0.15, 0.2) is 18.5 Å². The van der Waals surface area contributed by atoms with Crippen LogP contribution in [0.25, 0.3) is 0 Å². The van der Waals surface area contributed by atoms with Gasteiger partial charge in [-0.3, -0.25) is 4.98 Å². The van der Waals surface area contributed by atoms with Crippen LogP contribution < -0.4 is 10.2 Å². The van der Waals surface area contributed by atoms with E-state index in [4.69, 9.17) is 9.76 Å². The smallest absolute Gasteiger partial charge is 0.332 e. The van der Waals surface area contributed by atoms with E-state index in [-0.39, 0.29) is 0 Å². The molecular weight excluding hydrogens is 129 g/mol. The van der Waals surface area contributed by atoms with E-state index < -0.39 is 0 Å². The van der Waals surface area contributed by atoms with Gasteiger partial charge in [0.05, 0.1) is 7.11 Å². The van der Waals surface area contributed by atoms with Gasteiger partial charge in [-0.15, -0.1) is 0 Å². The highest BCUT2D eigenvalue weighted by Crippen LogP contribution is 2.01. The minimum absolute atomic E-state index is 0.588. The lowest BCUT2D eigenvalue weighted by Gasteiger charge is -2.01. The highest BCUT2D eigenvalue weighted by atomic mass is 16.5. The third kappa shape index (κ3) is 1.27. The normalized spacial score (nSPS) is 9.00. The molecular formula is C6H7BNO2. The van der Waals surface area contributed by atoms with Crippen molar-refractivity contribution in [3.8, 4) is 5.75 Å². The topological polar surface area (TPSA) is 42.4 Å². The molecule has 1 aromatic heterocycles.